The van der Waals surface area contributed by atoms with E-state index in [2.05, 4.69) is 13.8 Å². The molecule has 2 heterocycles. The third-order valence-electron chi connectivity index (χ3n) is 10.2. The summed E-state index contributed by atoms with van der Waals surface area (Å²) in [5, 5.41) is 0. The van der Waals surface area contributed by atoms with E-state index in [9.17, 15) is 9.59 Å². The topological polar surface area (TPSA) is 69.8 Å². The van der Waals surface area contributed by atoms with Gasteiger partial charge in [-0.3, -0.25) is 13.9 Å². The van der Waals surface area contributed by atoms with Gasteiger partial charge >= 0.3 is 5.69 Å². The molecule has 0 saturated carbocycles. The highest BCUT2D eigenvalue weighted by Crippen LogP contribution is 2.17. The Bertz CT molecular complexity index is 1380. The maximum atomic E-state index is 13.7. The van der Waals surface area contributed by atoms with Crippen LogP contribution in [0.1, 0.15) is 194 Å². The minimum Gasteiger partial charge on any atom is -0.276 e. The van der Waals surface area contributed by atoms with Gasteiger partial charge in [0.1, 0.15) is 0 Å². The largest absolute Gasteiger partial charge is 0.332 e. The zero-order chi connectivity index (χ0) is 34.1. The van der Waals surface area contributed by atoms with Gasteiger partial charge in [-0.1, -0.05) is 193 Å². The summed E-state index contributed by atoms with van der Waals surface area (Å²) in [4.78, 5) is 36.8. The van der Waals surface area contributed by atoms with Crippen molar-refractivity contribution in [1.29, 1.82) is 0 Å². The maximum Gasteiger partial charge on any atom is 0.332 e. The molecule has 0 aliphatic carbocycles. The van der Waals surface area contributed by atoms with Crippen LogP contribution in [-0.4, -0.2) is 19.1 Å². The Morgan fingerprint density at radius 3 is 1.17 bits per heavy atom. The van der Waals surface area contributed by atoms with Crippen molar-refractivity contribution in [2.24, 2.45) is 0 Å². The molecule has 0 radical (unpaired) electrons. The number of unbranched alkanes of at least 4 members (excludes halogenated alkanes) is 26. The molecule has 0 aliphatic rings. The van der Waals surface area contributed by atoms with Gasteiger partial charge in [-0.15, -0.1) is 0 Å². The molecule has 0 aliphatic heterocycles. The minimum absolute atomic E-state index is 0.221. The number of rotatable bonds is 30. The predicted octanol–water partition coefficient (Wildman–Crippen LogP) is 12.1. The molecule has 270 valence electrons. The van der Waals surface area contributed by atoms with Crippen LogP contribution in [0.15, 0.2) is 33.9 Å². The van der Waals surface area contributed by atoms with E-state index < -0.39 is 0 Å². The number of benzene rings is 1. The van der Waals surface area contributed by atoms with E-state index in [0.717, 1.165) is 37.6 Å². The van der Waals surface area contributed by atoms with Crippen LogP contribution in [-0.2, 0) is 13.1 Å². The average Bonchev–Trinajstić information content (AvgIpc) is 3.10. The van der Waals surface area contributed by atoms with Crippen LogP contribution in [0.2, 0.25) is 0 Å². The van der Waals surface area contributed by atoms with Gasteiger partial charge in [0.15, 0.2) is 11.2 Å². The lowest BCUT2D eigenvalue weighted by molar-refractivity contribution is 0.490. The first-order valence-corrected chi connectivity index (χ1v) is 20.6. The molecule has 6 heteroatoms. The second-order valence-corrected chi connectivity index (χ2v) is 14.5. The quantitative estimate of drug-likeness (QED) is 0.0526. The first kappa shape index (κ1) is 39.9. The summed E-state index contributed by atoms with van der Waals surface area (Å²) in [6, 6.07) is 7.64. The third kappa shape index (κ3) is 14.9. The standard InChI is InChI=1S/C42H70N4O2/c1-3-5-7-9-11-13-15-17-19-21-23-25-27-31-35-45-40-39(43-37-33-29-30-34-38(37)44-40)41(47)46(42(45)48)36-32-28-26-24-22-20-18-16-14-12-10-8-6-4-2/h29-30,33-34H,3-28,31-32,35-36H2,1-2H3. The van der Waals surface area contributed by atoms with Crippen molar-refractivity contribution in [2.75, 3.05) is 0 Å². The van der Waals surface area contributed by atoms with E-state index in [0.29, 0.717) is 29.8 Å². The fraction of sp³-hybridized carbons (Fsp3) is 0.762. The molecule has 0 fully saturated rings. The molecular weight excluding hydrogens is 592 g/mol. The Hall–Kier alpha value is -2.50. The van der Waals surface area contributed by atoms with Crippen molar-refractivity contribution in [3.05, 3.63) is 45.1 Å². The highest BCUT2D eigenvalue weighted by atomic mass is 16.2. The van der Waals surface area contributed by atoms with Gasteiger partial charge in [-0.25, -0.2) is 14.8 Å². The monoisotopic (exact) mass is 663 g/mol. The molecule has 0 atom stereocenters. The van der Waals surface area contributed by atoms with Gasteiger partial charge in [0.25, 0.3) is 5.56 Å². The lowest BCUT2D eigenvalue weighted by atomic mass is 10.0. The number of nitrogens with zero attached hydrogens (tertiary/aromatic N) is 4. The fourth-order valence-electron chi connectivity index (χ4n) is 7.10. The van der Waals surface area contributed by atoms with Crippen LogP contribution in [0, 0.1) is 0 Å². The number of hydrogen-bond donors (Lipinski definition) is 0. The molecule has 3 aromatic rings. The van der Waals surface area contributed by atoms with Gasteiger partial charge in [-0.2, -0.15) is 0 Å². The van der Waals surface area contributed by atoms with Crippen LogP contribution >= 0.6 is 0 Å². The Morgan fingerprint density at radius 2 is 0.771 bits per heavy atom. The van der Waals surface area contributed by atoms with Crippen molar-refractivity contribution < 1.29 is 0 Å². The van der Waals surface area contributed by atoms with Crippen molar-refractivity contribution in [1.82, 2.24) is 19.1 Å². The molecule has 0 spiro atoms. The number of aryl methyl sites for hydroxylation is 1. The Labute approximate surface area is 292 Å². The summed E-state index contributed by atoms with van der Waals surface area (Å²) in [6.07, 6.45) is 36.1. The maximum absolute atomic E-state index is 13.7. The molecule has 0 N–H and O–H groups in total. The van der Waals surface area contributed by atoms with Gasteiger partial charge < -0.3 is 0 Å². The minimum atomic E-state index is -0.292. The van der Waals surface area contributed by atoms with E-state index in [1.165, 1.54) is 152 Å². The van der Waals surface area contributed by atoms with Gasteiger partial charge in [0.05, 0.1) is 11.0 Å². The van der Waals surface area contributed by atoms with Gasteiger partial charge in [-0.05, 0) is 25.0 Å². The summed E-state index contributed by atoms with van der Waals surface area (Å²) in [7, 11) is 0. The summed E-state index contributed by atoms with van der Waals surface area (Å²) in [5.41, 5.74) is 1.68. The normalized spacial score (nSPS) is 11.7. The second kappa shape index (κ2) is 25.5. The SMILES string of the molecule is CCCCCCCCCCCCCCCCn1c(=O)c2nc3ccccc3nc2n(CCCCCCCCCCCCCCCC)c1=O. The van der Waals surface area contributed by atoms with Crippen LogP contribution < -0.4 is 11.2 Å². The molecule has 0 unspecified atom stereocenters. The second-order valence-electron chi connectivity index (χ2n) is 14.5. The summed E-state index contributed by atoms with van der Waals surface area (Å²) in [6.45, 7) is 5.59. The highest BCUT2D eigenvalue weighted by molar-refractivity contribution is 5.83. The number of hydrogen-bond acceptors (Lipinski definition) is 4. The molecule has 48 heavy (non-hydrogen) atoms. The van der Waals surface area contributed by atoms with E-state index in [-0.39, 0.29) is 11.2 Å². The lowest BCUT2D eigenvalue weighted by Crippen LogP contribution is -2.41. The number of para-hydroxylation sites is 2. The highest BCUT2D eigenvalue weighted by Gasteiger charge is 2.16. The molecule has 0 amide bonds. The molecular formula is C42H70N4O2. The van der Waals surface area contributed by atoms with E-state index in [4.69, 9.17) is 9.97 Å². The number of fused-ring (bicyclic) bond motifs is 2. The van der Waals surface area contributed by atoms with Crippen molar-refractivity contribution in [3.8, 4) is 0 Å². The van der Waals surface area contributed by atoms with Crippen molar-refractivity contribution >= 4 is 22.2 Å². The van der Waals surface area contributed by atoms with Crippen LogP contribution in [0.4, 0.5) is 0 Å². The van der Waals surface area contributed by atoms with Gasteiger partial charge in [0.2, 0.25) is 0 Å². The Kier molecular flexibility index (Phi) is 21.2. The van der Waals surface area contributed by atoms with E-state index in [1.54, 1.807) is 4.57 Å². The molecule has 2 aromatic heterocycles. The fourth-order valence-corrected chi connectivity index (χ4v) is 7.10. The van der Waals surface area contributed by atoms with Crippen molar-refractivity contribution in [3.63, 3.8) is 0 Å². The zero-order valence-corrected chi connectivity index (χ0v) is 31.1. The van der Waals surface area contributed by atoms with Crippen LogP contribution in [0.3, 0.4) is 0 Å². The smallest absolute Gasteiger partial charge is 0.276 e. The summed E-state index contributed by atoms with van der Waals surface area (Å²) >= 11 is 0. The zero-order valence-electron chi connectivity index (χ0n) is 31.1. The average molecular weight is 663 g/mol. The summed E-state index contributed by atoms with van der Waals surface area (Å²) in [5.74, 6) is 0. The molecule has 0 saturated heterocycles. The van der Waals surface area contributed by atoms with Crippen LogP contribution in [0.25, 0.3) is 22.2 Å². The van der Waals surface area contributed by atoms with Crippen LogP contribution in [0.5, 0.6) is 0 Å². The molecule has 6 nitrogen and oxygen atoms in total. The third-order valence-corrected chi connectivity index (χ3v) is 10.2. The Balaban J connectivity index is 1.43. The molecule has 3 rings (SSSR count). The first-order valence-electron chi connectivity index (χ1n) is 20.6. The van der Waals surface area contributed by atoms with E-state index >= 15 is 0 Å². The number of aromatic nitrogens is 4. The molecule has 1 aromatic carbocycles. The van der Waals surface area contributed by atoms with Crippen molar-refractivity contribution in [2.45, 2.75) is 207 Å². The van der Waals surface area contributed by atoms with E-state index in [1.807, 2.05) is 24.3 Å². The van der Waals surface area contributed by atoms with Gasteiger partial charge in [0, 0.05) is 13.1 Å². The lowest BCUT2D eigenvalue weighted by Gasteiger charge is -2.14. The Morgan fingerprint density at radius 1 is 0.438 bits per heavy atom. The predicted molar refractivity (Wildman–Crippen MR) is 206 cm³/mol. The first-order chi connectivity index (χ1) is 23.7. The molecule has 0 bridgehead atoms. The summed E-state index contributed by atoms with van der Waals surface area (Å²) < 4.78 is 3.18.